The molecule has 0 saturated carbocycles. The van der Waals surface area contributed by atoms with E-state index in [-0.39, 0.29) is 12.5 Å². The molecular formula is C19H14Cl2N2O3. The molecule has 0 bridgehead atoms. The van der Waals surface area contributed by atoms with Crippen LogP contribution in [0.5, 0.6) is 5.75 Å². The van der Waals surface area contributed by atoms with Crippen LogP contribution in [0.4, 0.5) is 0 Å². The average Bonchev–Trinajstić information content (AvgIpc) is 3.12. The first-order valence-electron chi connectivity index (χ1n) is 7.67. The molecule has 0 fully saturated rings. The number of ether oxygens (including phenoxy) is 1. The zero-order valence-corrected chi connectivity index (χ0v) is 15.0. The van der Waals surface area contributed by atoms with E-state index < -0.39 is 0 Å². The Hall–Kier alpha value is -2.76. The van der Waals surface area contributed by atoms with Crippen molar-refractivity contribution in [2.75, 3.05) is 6.61 Å². The smallest absolute Gasteiger partial charge is 0.277 e. The summed E-state index contributed by atoms with van der Waals surface area (Å²) in [4.78, 5) is 11.7. The molecule has 3 rings (SSSR count). The van der Waals surface area contributed by atoms with Gasteiger partial charge in [0.1, 0.15) is 17.3 Å². The first-order valence-corrected chi connectivity index (χ1v) is 8.43. The third kappa shape index (κ3) is 4.65. The fourth-order valence-corrected chi connectivity index (χ4v) is 2.52. The van der Waals surface area contributed by atoms with Gasteiger partial charge in [-0.3, -0.25) is 4.79 Å². The van der Waals surface area contributed by atoms with Gasteiger partial charge in [0.25, 0.3) is 5.91 Å². The first kappa shape index (κ1) is 18.0. The minimum atomic E-state index is -0.380. The molecule has 7 heteroatoms. The number of nitrogens with zero attached hydrogens (tertiary/aromatic N) is 1. The second kappa shape index (κ2) is 8.56. The van der Waals surface area contributed by atoms with Gasteiger partial charge in [0.15, 0.2) is 6.61 Å². The highest BCUT2D eigenvalue weighted by Gasteiger charge is 2.10. The summed E-state index contributed by atoms with van der Waals surface area (Å²) in [6.45, 7) is -0.136. The van der Waals surface area contributed by atoms with Crippen molar-refractivity contribution in [3.63, 3.8) is 0 Å². The zero-order chi connectivity index (χ0) is 18.4. The van der Waals surface area contributed by atoms with Crippen LogP contribution in [0.2, 0.25) is 10.0 Å². The maximum Gasteiger partial charge on any atom is 0.277 e. The van der Waals surface area contributed by atoms with Gasteiger partial charge in [0, 0.05) is 5.56 Å². The highest BCUT2D eigenvalue weighted by atomic mass is 35.5. The first-order chi connectivity index (χ1) is 12.6. The van der Waals surface area contributed by atoms with Crippen LogP contribution in [0.15, 0.2) is 70.2 Å². The Morgan fingerprint density at radius 2 is 1.88 bits per heavy atom. The third-order valence-corrected chi connectivity index (χ3v) is 4.16. The van der Waals surface area contributed by atoms with E-state index >= 15 is 0 Å². The lowest BCUT2D eigenvalue weighted by atomic mass is 10.2. The van der Waals surface area contributed by atoms with Crippen LogP contribution in [0.25, 0.3) is 11.3 Å². The molecule has 2 aromatic carbocycles. The Balaban J connectivity index is 1.55. The maximum absolute atomic E-state index is 11.7. The highest BCUT2D eigenvalue weighted by molar-refractivity contribution is 6.43. The number of benzene rings is 2. The number of amides is 1. The van der Waals surface area contributed by atoms with Gasteiger partial charge in [-0.25, -0.2) is 5.43 Å². The lowest BCUT2D eigenvalue weighted by molar-refractivity contribution is -0.123. The topological polar surface area (TPSA) is 63.8 Å². The van der Waals surface area contributed by atoms with Crippen molar-refractivity contribution < 1.29 is 13.9 Å². The predicted molar refractivity (Wildman–Crippen MR) is 102 cm³/mol. The molecule has 26 heavy (non-hydrogen) atoms. The van der Waals surface area contributed by atoms with Crippen LogP contribution >= 0.6 is 23.2 Å². The number of carbonyl (C=O) groups is 1. The molecule has 0 atom stereocenters. The minimum absolute atomic E-state index is 0.136. The van der Waals surface area contributed by atoms with Crippen molar-refractivity contribution in [1.82, 2.24) is 5.43 Å². The highest BCUT2D eigenvalue weighted by Crippen LogP contribution is 2.34. The molecule has 1 amide bonds. The molecule has 5 nitrogen and oxygen atoms in total. The van der Waals surface area contributed by atoms with Gasteiger partial charge in [0.05, 0.1) is 16.3 Å². The quantitative estimate of drug-likeness (QED) is 0.487. The van der Waals surface area contributed by atoms with Crippen LogP contribution < -0.4 is 10.2 Å². The lowest BCUT2D eigenvalue weighted by Crippen LogP contribution is -2.24. The van der Waals surface area contributed by atoms with Gasteiger partial charge < -0.3 is 9.15 Å². The van der Waals surface area contributed by atoms with Gasteiger partial charge in [-0.1, -0.05) is 47.5 Å². The zero-order valence-electron chi connectivity index (χ0n) is 13.5. The number of hydrogen-bond acceptors (Lipinski definition) is 4. The second-order valence-corrected chi connectivity index (χ2v) is 5.98. The lowest BCUT2D eigenvalue weighted by Gasteiger charge is -2.03. The maximum atomic E-state index is 11.7. The van der Waals surface area contributed by atoms with Crippen LogP contribution in [-0.2, 0) is 4.79 Å². The summed E-state index contributed by atoms with van der Waals surface area (Å²) in [6, 6.07) is 17.8. The van der Waals surface area contributed by atoms with Gasteiger partial charge >= 0.3 is 0 Å². The predicted octanol–water partition coefficient (Wildman–Crippen LogP) is 4.78. The molecule has 0 aliphatic heterocycles. The number of halogens is 2. The van der Waals surface area contributed by atoms with Crippen molar-refractivity contribution in [2.45, 2.75) is 0 Å². The SMILES string of the molecule is O=C(COc1ccccc1)N/N=C/c1ccc(-c2cccc(Cl)c2Cl)o1. The largest absolute Gasteiger partial charge is 0.484 e. The summed E-state index contributed by atoms with van der Waals surface area (Å²) in [6.07, 6.45) is 1.39. The second-order valence-electron chi connectivity index (χ2n) is 5.20. The molecule has 1 aromatic heterocycles. The fraction of sp³-hybridized carbons (Fsp3) is 0.0526. The Labute approximate surface area is 160 Å². The van der Waals surface area contributed by atoms with Crippen LogP contribution in [0.1, 0.15) is 5.76 Å². The Kier molecular flexibility index (Phi) is 5.94. The van der Waals surface area contributed by atoms with E-state index in [1.165, 1.54) is 6.21 Å². The summed E-state index contributed by atoms with van der Waals surface area (Å²) in [5.74, 6) is 1.24. The molecule has 1 N–H and O–H groups in total. The Morgan fingerprint density at radius 1 is 1.08 bits per heavy atom. The molecule has 132 valence electrons. The number of hydrogen-bond donors (Lipinski definition) is 1. The van der Waals surface area contributed by atoms with Crippen LogP contribution in [-0.4, -0.2) is 18.7 Å². The summed E-state index contributed by atoms with van der Waals surface area (Å²) in [5, 5.41) is 4.70. The van der Waals surface area contributed by atoms with E-state index in [2.05, 4.69) is 10.5 Å². The molecule has 0 spiro atoms. The standard InChI is InChI=1S/C19H14Cl2N2O3/c20-16-8-4-7-15(19(16)21)17-10-9-14(26-17)11-22-23-18(24)12-25-13-5-2-1-3-6-13/h1-11H,12H2,(H,23,24)/b22-11+. The van der Waals surface area contributed by atoms with E-state index in [4.69, 9.17) is 32.4 Å². The molecule has 0 unspecified atom stereocenters. The van der Waals surface area contributed by atoms with Crippen molar-refractivity contribution in [1.29, 1.82) is 0 Å². The number of carbonyl (C=O) groups excluding carboxylic acids is 1. The van der Waals surface area contributed by atoms with Crippen molar-refractivity contribution in [3.8, 4) is 17.1 Å². The number of hydrazone groups is 1. The van der Waals surface area contributed by atoms with Crippen molar-refractivity contribution in [2.24, 2.45) is 5.10 Å². The average molecular weight is 389 g/mol. The molecule has 0 saturated heterocycles. The van der Waals surface area contributed by atoms with Crippen molar-refractivity contribution in [3.05, 3.63) is 76.5 Å². The summed E-state index contributed by atoms with van der Waals surface area (Å²) in [7, 11) is 0. The van der Waals surface area contributed by atoms with Gasteiger partial charge in [-0.15, -0.1) is 0 Å². The van der Waals surface area contributed by atoms with E-state index in [1.54, 1.807) is 42.5 Å². The van der Waals surface area contributed by atoms with Crippen molar-refractivity contribution >= 4 is 35.3 Å². The molecule has 3 aromatic rings. The summed E-state index contributed by atoms with van der Waals surface area (Å²) < 4.78 is 11.0. The van der Waals surface area contributed by atoms with Crippen LogP contribution in [0, 0.1) is 0 Å². The normalized spacial score (nSPS) is 10.8. The van der Waals surface area contributed by atoms with E-state index in [0.717, 1.165) is 0 Å². The summed E-state index contributed by atoms with van der Waals surface area (Å²) >= 11 is 12.2. The minimum Gasteiger partial charge on any atom is -0.484 e. The van der Waals surface area contributed by atoms with Crippen LogP contribution in [0.3, 0.4) is 0 Å². The number of rotatable bonds is 6. The number of para-hydroxylation sites is 1. The van der Waals surface area contributed by atoms with Gasteiger partial charge in [-0.2, -0.15) is 5.10 Å². The van der Waals surface area contributed by atoms with Gasteiger partial charge in [-0.05, 0) is 36.4 Å². The fourth-order valence-electron chi connectivity index (χ4n) is 2.13. The van der Waals surface area contributed by atoms with E-state index in [0.29, 0.717) is 32.9 Å². The Bertz CT molecular complexity index is 924. The Morgan fingerprint density at radius 3 is 2.69 bits per heavy atom. The molecular weight excluding hydrogens is 375 g/mol. The number of nitrogens with one attached hydrogen (secondary N) is 1. The number of furan rings is 1. The van der Waals surface area contributed by atoms with E-state index in [1.807, 2.05) is 18.2 Å². The molecule has 0 radical (unpaired) electrons. The van der Waals surface area contributed by atoms with Gasteiger partial charge in [0.2, 0.25) is 0 Å². The molecule has 0 aliphatic rings. The molecule has 1 heterocycles. The monoisotopic (exact) mass is 388 g/mol. The van der Waals surface area contributed by atoms with E-state index in [9.17, 15) is 4.79 Å². The summed E-state index contributed by atoms with van der Waals surface area (Å²) in [5.41, 5.74) is 3.05. The molecule has 0 aliphatic carbocycles. The third-order valence-electron chi connectivity index (χ3n) is 3.34.